The summed E-state index contributed by atoms with van der Waals surface area (Å²) in [6.45, 7) is 2.96. The Kier molecular flexibility index (Phi) is 5.59. The van der Waals surface area contributed by atoms with Gasteiger partial charge in [0.25, 0.3) is 0 Å². The lowest BCUT2D eigenvalue weighted by molar-refractivity contribution is 0.0133. The second kappa shape index (κ2) is 7.20. The van der Waals surface area contributed by atoms with Gasteiger partial charge in [-0.25, -0.2) is 0 Å². The SMILES string of the molecule is COCCOCCOCCC1(C#N)CC2CCC1O2. The molecule has 0 aromatic carbocycles. The Hall–Kier alpha value is -0.670. The molecule has 2 bridgehead atoms. The molecule has 3 unspecified atom stereocenters. The molecule has 108 valence electrons. The largest absolute Gasteiger partial charge is 0.382 e. The quantitative estimate of drug-likeness (QED) is 0.594. The van der Waals surface area contributed by atoms with Gasteiger partial charge in [0.1, 0.15) is 0 Å². The summed E-state index contributed by atoms with van der Waals surface area (Å²) < 4.78 is 21.5. The highest BCUT2D eigenvalue weighted by atomic mass is 16.5. The summed E-state index contributed by atoms with van der Waals surface area (Å²) in [7, 11) is 1.65. The molecule has 5 nitrogen and oxygen atoms in total. The topological polar surface area (TPSA) is 60.7 Å². The Morgan fingerprint density at radius 1 is 1.16 bits per heavy atom. The molecule has 19 heavy (non-hydrogen) atoms. The van der Waals surface area contributed by atoms with Crippen LogP contribution in [-0.4, -0.2) is 52.4 Å². The van der Waals surface area contributed by atoms with Gasteiger partial charge in [-0.2, -0.15) is 5.26 Å². The van der Waals surface area contributed by atoms with E-state index in [2.05, 4.69) is 6.07 Å². The lowest BCUT2D eigenvalue weighted by atomic mass is 9.73. The van der Waals surface area contributed by atoms with Crippen molar-refractivity contribution < 1.29 is 18.9 Å². The highest BCUT2D eigenvalue weighted by Gasteiger charge is 2.52. The number of hydrogen-bond acceptors (Lipinski definition) is 5. The maximum Gasteiger partial charge on any atom is 0.0881 e. The first-order valence-electron chi connectivity index (χ1n) is 7.02. The first kappa shape index (κ1) is 14.7. The zero-order valence-corrected chi connectivity index (χ0v) is 11.6. The molecule has 0 radical (unpaired) electrons. The van der Waals surface area contributed by atoms with Crippen LogP contribution in [0.1, 0.15) is 25.7 Å². The maximum atomic E-state index is 9.41. The molecule has 0 N–H and O–H groups in total. The van der Waals surface area contributed by atoms with Crippen molar-refractivity contribution in [3.8, 4) is 6.07 Å². The fourth-order valence-electron chi connectivity index (χ4n) is 2.96. The van der Waals surface area contributed by atoms with Gasteiger partial charge in [0, 0.05) is 13.7 Å². The second-order valence-corrected chi connectivity index (χ2v) is 5.26. The zero-order valence-electron chi connectivity index (χ0n) is 11.6. The highest BCUT2D eigenvalue weighted by molar-refractivity contribution is 5.12. The summed E-state index contributed by atoms with van der Waals surface area (Å²) >= 11 is 0. The van der Waals surface area contributed by atoms with E-state index in [1.165, 1.54) is 0 Å². The molecule has 0 aliphatic carbocycles. The van der Waals surface area contributed by atoms with Crippen LogP contribution in [0.4, 0.5) is 0 Å². The van der Waals surface area contributed by atoms with Crippen LogP contribution in [0.25, 0.3) is 0 Å². The van der Waals surface area contributed by atoms with Gasteiger partial charge in [0.15, 0.2) is 0 Å². The summed E-state index contributed by atoms with van der Waals surface area (Å²) in [4.78, 5) is 0. The smallest absolute Gasteiger partial charge is 0.0881 e. The molecular formula is C14H23NO4. The van der Waals surface area contributed by atoms with Crippen molar-refractivity contribution in [3.63, 3.8) is 0 Å². The van der Waals surface area contributed by atoms with Crippen LogP contribution in [0.15, 0.2) is 0 Å². The van der Waals surface area contributed by atoms with Gasteiger partial charge in [-0.3, -0.25) is 0 Å². The van der Waals surface area contributed by atoms with E-state index >= 15 is 0 Å². The molecule has 0 aromatic rings. The lowest BCUT2D eigenvalue weighted by Crippen LogP contribution is -2.32. The average molecular weight is 269 g/mol. The third-order valence-corrected chi connectivity index (χ3v) is 4.03. The molecule has 2 rings (SSSR count). The van der Waals surface area contributed by atoms with Crippen LogP contribution in [0.3, 0.4) is 0 Å². The molecule has 0 amide bonds. The van der Waals surface area contributed by atoms with Crippen molar-refractivity contribution in [1.29, 1.82) is 5.26 Å². The summed E-state index contributed by atoms with van der Waals surface area (Å²) in [5.41, 5.74) is -0.306. The van der Waals surface area contributed by atoms with E-state index in [0.717, 1.165) is 25.7 Å². The Balaban J connectivity index is 1.57. The number of ether oxygens (including phenoxy) is 4. The number of nitrogens with zero attached hydrogens (tertiary/aromatic N) is 1. The van der Waals surface area contributed by atoms with E-state index in [0.29, 0.717) is 39.1 Å². The predicted octanol–water partition coefficient (Wildman–Crippen LogP) is 1.52. The molecule has 5 heteroatoms. The first-order valence-corrected chi connectivity index (χ1v) is 7.02. The monoisotopic (exact) mass is 269 g/mol. The average Bonchev–Trinajstić information content (AvgIpc) is 3.03. The maximum absolute atomic E-state index is 9.41. The van der Waals surface area contributed by atoms with E-state index in [1.54, 1.807) is 7.11 Å². The standard InChI is InChI=1S/C14H23NO4/c1-16-6-7-18-9-8-17-5-4-14(11-15)10-12-2-3-13(14)19-12/h12-13H,2-10H2,1H3. The van der Waals surface area contributed by atoms with E-state index in [9.17, 15) is 5.26 Å². The number of hydrogen-bond donors (Lipinski definition) is 0. The molecule has 0 saturated carbocycles. The molecule has 2 saturated heterocycles. The Morgan fingerprint density at radius 2 is 1.89 bits per heavy atom. The fourth-order valence-corrected chi connectivity index (χ4v) is 2.96. The third-order valence-electron chi connectivity index (χ3n) is 4.03. The van der Waals surface area contributed by atoms with Gasteiger partial charge in [-0.1, -0.05) is 0 Å². The van der Waals surface area contributed by atoms with E-state index in [4.69, 9.17) is 18.9 Å². The molecule has 2 heterocycles. The van der Waals surface area contributed by atoms with Crippen LogP contribution in [0.2, 0.25) is 0 Å². The molecular weight excluding hydrogens is 246 g/mol. The minimum atomic E-state index is -0.306. The first-order chi connectivity index (χ1) is 9.30. The van der Waals surface area contributed by atoms with Crippen molar-refractivity contribution in [1.82, 2.24) is 0 Å². The van der Waals surface area contributed by atoms with Crippen molar-refractivity contribution in [3.05, 3.63) is 0 Å². The van der Waals surface area contributed by atoms with Crippen LogP contribution in [0, 0.1) is 16.7 Å². The van der Waals surface area contributed by atoms with E-state index in [-0.39, 0.29) is 11.5 Å². The van der Waals surface area contributed by atoms with Crippen LogP contribution >= 0.6 is 0 Å². The minimum absolute atomic E-state index is 0.129. The van der Waals surface area contributed by atoms with Gasteiger partial charge in [0.05, 0.1) is 50.1 Å². The fraction of sp³-hybridized carbons (Fsp3) is 0.929. The third kappa shape index (κ3) is 3.67. The molecule has 2 aliphatic rings. The normalized spacial score (nSPS) is 32.6. The van der Waals surface area contributed by atoms with Crippen molar-refractivity contribution >= 4 is 0 Å². The van der Waals surface area contributed by atoms with E-state index in [1.807, 2.05) is 0 Å². The lowest BCUT2D eigenvalue weighted by Gasteiger charge is -2.27. The van der Waals surface area contributed by atoms with Gasteiger partial charge >= 0.3 is 0 Å². The summed E-state index contributed by atoms with van der Waals surface area (Å²) in [5, 5.41) is 9.41. The van der Waals surface area contributed by atoms with Crippen molar-refractivity contribution in [2.24, 2.45) is 5.41 Å². The van der Waals surface area contributed by atoms with E-state index < -0.39 is 0 Å². The van der Waals surface area contributed by atoms with Gasteiger partial charge < -0.3 is 18.9 Å². The van der Waals surface area contributed by atoms with Crippen LogP contribution in [-0.2, 0) is 18.9 Å². The summed E-state index contributed by atoms with van der Waals surface area (Å²) in [5.74, 6) is 0. The van der Waals surface area contributed by atoms with Gasteiger partial charge in [-0.15, -0.1) is 0 Å². The van der Waals surface area contributed by atoms with Crippen molar-refractivity contribution in [2.45, 2.75) is 37.9 Å². The predicted molar refractivity (Wildman–Crippen MR) is 68.7 cm³/mol. The molecule has 0 spiro atoms. The van der Waals surface area contributed by atoms with Gasteiger partial charge in [0.2, 0.25) is 0 Å². The minimum Gasteiger partial charge on any atom is -0.382 e. The zero-order chi connectivity index (χ0) is 13.6. The molecule has 2 aliphatic heterocycles. The Bertz CT molecular complexity index is 317. The Morgan fingerprint density at radius 3 is 2.47 bits per heavy atom. The summed E-state index contributed by atoms with van der Waals surface area (Å²) in [6, 6.07) is 2.47. The van der Waals surface area contributed by atoms with Gasteiger partial charge in [-0.05, 0) is 25.7 Å². The van der Waals surface area contributed by atoms with Crippen molar-refractivity contribution in [2.75, 3.05) is 40.1 Å². The molecule has 3 atom stereocenters. The molecule has 0 aromatic heterocycles. The highest BCUT2D eigenvalue weighted by Crippen LogP contribution is 2.49. The summed E-state index contributed by atoms with van der Waals surface area (Å²) in [6.07, 6.45) is 4.22. The number of nitriles is 1. The van der Waals surface area contributed by atoms with Crippen LogP contribution in [0.5, 0.6) is 0 Å². The number of fused-ring (bicyclic) bond motifs is 2. The number of rotatable bonds is 9. The Labute approximate surface area is 114 Å². The van der Waals surface area contributed by atoms with Crippen LogP contribution < -0.4 is 0 Å². The second-order valence-electron chi connectivity index (χ2n) is 5.26. The molecule has 2 fully saturated rings. The number of methoxy groups -OCH3 is 1.